The Bertz CT molecular complexity index is 702. The summed E-state index contributed by atoms with van der Waals surface area (Å²) in [5.41, 5.74) is 1.94. The summed E-state index contributed by atoms with van der Waals surface area (Å²) in [7, 11) is 1.74. The third-order valence-electron chi connectivity index (χ3n) is 3.06. The summed E-state index contributed by atoms with van der Waals surface area (Å²) in [6, 6.07) is 16.1. The van der Waals surface area contributed by atoms with Crippen LogP contribution in [0.15, 0.2) is 59.7 Å². The van der Waals surface area contributed by atoms with Crippen LogP contribution in [0.3, 0.4) is 0 Å². The predicted octanol–water partition coefficient (Wildman–Crippen LogP) is 2.94. The number of hydrogen-bond acceptors (Lipinski definition) is 4. The normalized spacial score (nSPS) is 10.5. The van der Waals surface area contributed by atoms with Crippen LogP contribution in [0.2, 0.25) is 0 Å². The highest BCUT2D eigenvalue weighted by Crippen LogP contribution is 2.10. The number of benzene rings is 2. The van der Waals surface area contributed by atoms with Gasteiger partial charge in [0.1, 0.15) is 0 Å². The number of nitrogens with zero attached hydrogens (tertiary/aromatic N) is 3. The standard InChI is InChI=1S/C16H16N4O2S/c1-19(16(23)17-11-13-5-3-2-4-6-13)18-12-14-7-9-15(10-8-14)20(21)22/h2-10,12H,11H2,1H3,(H,17,23)/b18-12-. The maximum Gasteiger partial charge on any atom is 0.269 e. The number of nitro groups is 1. The number of nitro benzene ring substituents is 1. The number of thiocarbonyl (C=S) groups is 1. The van der Waals surface area contributed by atoms with Crippen molar-refractivity contribution in [2.75, 3.05) is 7.05 Å². The summed E-state index contributed by atoms with van der Waals surface area (Å²) in [6.45, 7) is 0.622. The Hall–Kier alpha value is -2.80. The van der Waals surface area contributed by atoms with E-state index < -0.39 is 4.92 Å². The van der Waals surface area contributed by atoms with E-state index >= 15 is 0 Å². The molecule has 0 aromatic heterocycles. The van der Waals surface area contributed by atoms with Gasteiger partial charge in [-0.25, -0.2) is 5.01 Å². The van der Waals surface area contributed by atoms with E-state index in [1.54, 1.807) is 30.4 Å². The average Bonchev–Trinajstić information content (AvgIpc) is 2.58. The van der Waals surface area contributed by atoms with Gasteiger partial charge in [0.05, 0.1) is 11.1 Å². The summed E-state index contributed by atoms with van der Waals surface area (Å²) >= 11 is 5.26. The van der Waals surface area contributed by atoms with Crippen molar-refractivity contribution < 1.29 is 4.92 Å². The molecule has 0 spiro atoms. The molecule has 0 atom stereocenters. The van der Waals surface area contributed by atoms with Gasteiger partial charge < -0.3 is 5.32 Å². The number of hydrogen-bond donors (Lipinski definition) is 1. The average molecular weight is 328 g/mol. The lowest BCUT2D eigenvalue weighted by molar-refractivity contribution is -0.384. The topological polar surface area (TPSA) is 70.8 Å². The summed E-state index contributed by atoms with van der Waals surface area (Å²) in [5, 5.41) is 20.0. The van der Waals surface area contributed by atoms with Gasteiger partial charge in [-0.2, -0.15) is 5.10 Å². The van der Waals surface area contributed by atoms with Crippen LogP contribution in [0.25, 0.3) is 0 Å². The molecule has 0 heterocycles. The second kappa shape index (κ2) is 8.00. The van der Waals surface area contributed by atoms with Gasteiger partial charge in [-0.05, 0) is 35.5 Å². The molecule has 0 amide bonds. The second-order valence-corrected chi connectivity index (χ2v) is 5.15. The molecule has 1 N–H and O–H groups in total. The minimum atomic E-state index is -0.435. The first-order valence-electron chi connectivity index (χ1n) is 6.90. The molecule has 6 nitrogen and oxygen atoms in total. The molecule has 2 aromatic rings. The Labute approximate surface area is 139 Å². The molecule has 23 heavy (non-hydrogen) atoms. The summed E-state index contributed by atoms with van der Waals surface area (Å²) in [4.78, 5) is 10.2. The Morgan fingerprint density at radius 2 is 1.91 bits per heavy atom. The molecule has 0 bridgehead atoms. The zero-order valence-corrected chi connectivity index (χ0v) is 13.4. The maximum absolute atomic E-state index is 10.6. The Morgan fingerprint density at radius 3 is 2.52 bits per heavy atom. The van der Waals surface area contributed by atoms with E-state index in [0.29, 0.717) is 11.7 Å². The van der Waals surface area contributed by atoms with Gasteiger partial charge in [0.15, 0.2) is 5.11 Å². The first-order chi connectivity index (χ1) is 11.1. The number of rotatable bonds is 5. The molecule has 0 saturated carbocycles. The molecule has 118 valence electrons. The van der Waals surface area contributed by atoms with Crippen LogP contribution in [0.5, 0.6) is 0 Å². The van der Waals surface area contributed by atoms with Crippen molar-refractivity contribution in [1.29, 1.82) is 0 Å². The second-order valence-electron chi connectivity index (χ2n) is 4.76. The maximum atomic E-state index is 10.6. The molecule has 2 aromatic carbocycles. The molecule has 2 rings (SSSR count). The van der Waals surface area contributed by atoms with Gasteiger partial charge in [0, 0.05) is 25.7 Å². The third-order valence-corrected chi connectivity index (χ3v) is 3.47. The van der Waals surface area contributed by atoms with Crippen molar-refractivity contribution >= 4 is 29.2 Å². The minimum absolute atomic E-state index is 0.0514. The van der Waals surface area contributed by atoms with Crippen LogP contribution in [-0.2, 0) is 6.54 Å². The van der Waals surface area contributed by atoms with Crippen molar-refractivity contribution in [3.05, 3.63) is 75.8 Å². The highest BCUT2D eigenvalue weighted by atomic mass is 32.1. The predicted molar refractivity (Wildman–Crippen MR) is 94.3 cm³/mol. The lowest BCUT2D eigenvalue weighted by atomic mass is 10.2. The molecular formula is C16H16N4O2S. The molecule has 0 fully saturated rings. The monoisotopic (exact) mass is 328 g/mol. The van der Waals surface area contributed by atoms with Crippen molar-refractivity contribution in [1.82, 2.24) is 10.3 Å². The Kier molecular flexibility index (Phi) is 5.76. The SMILES string of the molecule is CN(/N=C\c1ccc([N+](=O)[O-])cc1)C(=S)NCc1ccccc1. The fraction of sp³-hybridized carbons (Fsp3) is 0.125. The van der Waals surface area contributed by atoms with Gasteiger partial charge in [-0.3, -0.25) is 10.1 Å². The highest BCUT2D eigenvalue weighted by molar-refractivity contribution is 7.80. The molecule has 7 heteroatoms. The van der Waals surface area contributed by atoms with E-state index in [-0.39, 0.29) is 5.69 Å². The molecule has 0 unspecified atom stereocenters. The first kappa shape index (κ1) is 16.6. The van der Waals surface area contributed by atoms with Crippen LogP contribution >= 0.6 is 12.2 Å². The van der Waals surface area contributed by atoms with E-state index in [2.05, 4.69) is 10.4 Å². The first-order valence-corrected chi connectivity index (χ1v) is 7.31. The zero-order valence-electron chi connectivity index (χ0n) is 12.5. The van der Waals surface area contributed by atoms with Crippen molar-refractivity contribution in [3.8, 4) is 0 Å². The number of hydrazone groups is 1. The Morgan fingerprint density at radius 1 is 1.26 bits per heavy atom. The van der Waals surface area contributed by atoms with Crippen LogP contribution in [-0.4, -0.2) is 28.3 Å². The van der Waals surface area contributed by atoms with E-state index in [1.165, 1.54) is 12.1 Å². The van der Waals surface area contributed by atoms with E-state index in [0.717, 1.165) is 11.1 Å². The number of non-ortho nitro benzene ring substituents is 1. The van der Waals surface area contributed by atoms with Gasteiger partial charge in [0.2, 0.25) is 0 Å². The van der Waals surface area contributed by atoms with Gasteiger partial charge >= 0.3 is 0 Å². The van der Waals surface area contributed by atoms with Crippen LogP contribution in [0.4, 0.5) is 5.69 Å². The molecule has 0 aliphatic heterocycles. The molecule has 0 aliphatic carbocycles. The van der Waals surface area contributed by atoms with Crippen molar-refractivity contribution in [3.63, 3.8) is 0 Å². The summed E-state index contributed by atoms with van der Waals surface area (Å²) in [5.74, 6) is 0. The molecule has 0 saturated heterocycles. The molecular weight excluding hydrogens is 312 g/mol. The van der Waals surface area contributed by atoms with E-state index in [4.69, 9.17) is 12.2 Å². The minimum Gasteiger partial charge on any atom is -0.357 e. The van der Waals surface area contributed by atoms with Gasteiger partial charge in [-0.15, -0.1) is 0 Å². The summed E-state index contributed by atoms with van der Waals surface area (Å²) < 4.78 is 0. The molecule has 0 radical (unpaired) electrons. The summed E-state index contributed by atoms with van der Waals surface area (Å²) in [6.07, 6.45) is 1.60. The quantitative estimate of drug-likeness (QED) is 0.395. The van der Waals surface area contributed by atoms with Crippen LogP contribution < -0.4 is 5.32 Å². The van der Waals surface area contributed by atoms with E-state index in [9.17, 15) is 10.1 Å². The Balaban J connectivity index is 1.88. The molecule has 0 aliphatic rings. The van der Waals surface area contributed by atoms with Crippen molar-refractivity contribution in [2.24, 2.45) is 5.10 Å². The van der Waals surface area contributed by atoms with Crippen molar-refractivity contribution in [2.45, 2.75) is 6.54 Å². The zero-order chi connectivity index (χ0) is 16.7. The highest BCUT2D eigenvalue weighted by Gasteiger charge is 2.04. The van der Waals surface area contributed by atoms with Crippen LogP contribution in [0.1, 0.15) is 11.1 Å². The fourth-order valence-corrected chi connectivity index (χ4v) is 1.90. The fourth-order valence-electron chi connectivity index (χ4n) is 1.78. The third kappa shape index (κ3) is 5.15. The lowest BCUT2D eigenvalue weighted by Crippen LogP contribution is -2.33. The van der Waals surface area contributed by atoms with E-state index in [1.807, 2.05) is 30.3 Å². The van der Waals surface area contributed by atoms with Crippen LogP contribution in [0, 0.1) is 10.1 Å². The lowest BCUT2D eigenvalue weighted by Gasteiger charge is -2.15. The smallest absolute Gasteiger partial charge is 0.269 e. The number of nitrogens with one attached hydrogen (secondary N) is 1. The van der Waals surface area contributed by atoms with Gasteiger partial charge in [-0.1, -0.05) is 30.3 Å². The largest absolute Gasteiger partial charge is 0.357 e. The van der Waals surface area contributed by atoms with Gasteiger partial charge in [0.25, 0.3) is 5.69 Å².